The number of nitrogens with one attached hydrogen (secondary N) is 1. The van der Waals surface area contributed by atoms with Gasteiger partial charge in [-0.2, -0.15) is 0 Å². The SMILES string of the molecule is CNC(=O)C(C)C(C)[C@H]1CC[C@@H](C)C1. The summed E-state index contributed by atoms with van der Waals surface area (Å²) in [6.07, 6.45) is 3.96. The van der Waals surface area contributed by atoms with Crippen LogP contribution in [-0.4, -0.2) is 13.0 Å². The molecule has 0 aromatic carbocycles. The number of carbonyl (C=O) groups excluding carboxylic acids is 1. The molecule has 1 aliphatic carbocycles. The molecule has 1 aliphatic rings. The topological polar surface area (TPSA) is 29.1 Å². The Labute approximate surface area is 87.5 Å². The fourth-order valence-electron chi connectivity index (χ4n) is 2.60. The zero-order chi connectivity index (χ0) is 10.7. The first kappa shape index (κ1) is 11.5. The number of rotatable bonds is 3. The van der Waals surface area contributed by atoms with Gasteiger partial charge in [0.25, 0.3) is 0 Å². The van der Waals surface area contributed by atoms with Gasteiger partial charge in [-0.15, -0.1) is 0 Å². The van der Waals surface area contributed by atoms with E-state index in [1.807, 2.05) is 6.92 Å². The molecule has 1 N–H and O–H groups in total. The predicted octanol–water partition coefficient (Wildman–Crippen LogP) is 2.44. The third-order valence-electron chi connectivity index (χ3n) is 3.93. The lowest BCUT2D eigenvalue weighted by molar-refractivity contribution is -0.126. The summed E-state index contributed by atoms with van der Waals surface area (Å²) in [6, 6.07) is 0. The molecule has 2 heteroatoms. The Morgan fingerprint density at radius 3 is 2.43 bits per heavy atom. The summed E-state index contributed by atoms with van der Waals surface area (Å²) >= 11 is 0. The Morgan fingerprint density at radius 2 is 2.00 bits per heavy atom. The number of hydrogen-bond donors (Lipinski definition) is 1. The van der Waals surface area contributed by atoms with E-state index < -0.39 is 0 Å². The lowest BCUT2D eigenvalue weighted by Crippen LogP contribution is -2.32. The molecule has 82 valence electrons. The quantitative estimate of drug-likeness (QED) is 0.739. The van der Waals surface area contributed by atoms with Crippen LogP contribution in [0.5, 0.6) is 0 Å². The van der Waals surface area contributed by atoms with E-state index in [9.17, 15) is 4.79 Å². The molecule has 1 rings (SSSR count). The zero-order valence-electron chi connectivity index (χ0n) is 9.84. The molecule has 4 atom stereocenters. The third kappa shape index (κ3) is 2.49. The molecule has 0 saturated heterocycles. The van der Waals surface area contributed by atoms with Crippen molar-refractivity contribution < 1.29 is 4.79 Å². The predicted molar refractivity (Wildman–Crippen MR) is 58.9 cm³/mol. The minimum absolute atomic E-state index is 0.162. The Kier molecular flexibility index (Phi) is 3.97. The van der Waals surface area contributed by atoms with E-state index in [0.717, 1.165) is 11.8 Å². The highest BCUT2D eigenvalue weighted by Crippen LogP contribution is 2.38. The summed E-state index contributed by atoms with van der Waals surface area (Å²) < 4.78 is 0. The summed E-state index contributed by atoms with van der Waals surface area (Å²) in [5.74, 6) is 2.50. The second kappa shape index (κ2) is 4.81. The van der Waals surface area contributed by atoms with Crippen LogP contribution in [0.25, 0.3) is 0 Å². The van der Waals surface area contributed by atoms with Crippen LogP contribution in [0.3, 0.4) is 0 Å². The molecular formula is C12H23NO. The summed E-state index contributed by atoms with van der Waals surface area (Å²) in [5, 5.41) is 2.74. The standard InChI is InChI=1S/C12H23NO/c1-8-5-6-11(7-8)9(2)10(3)12(14)13-4/h8-11H,5-7H2,1-4H3,(H,13,14)/t8-,9?,10?,11+/m1/s1. The average molecular weight is 197 g/mol. The van der Waals surface area contributed by atoms with Crippen LogP contribution < -0.4 is 5.32 Å². The van der Waals surface area contributed by atoms with Crippen molar-refractivity contribution in [1.82, 2.24) is 5.32 Å². The van der Waals surface area contributed by atoms with Crippen molar-refractivity contribution in [2.75, 3.05) is 7.05 Å². The highest BCUT2D eigenvalue weighted by atomic mass is 16.1. The largest absolute Gasteiger partial charge is 0.359 e. The van der Waals surface area contributed by atoms with E-state index >= 15 is 0 Å². The molecule has 1 amide bonds. The average Bonchev–Trinajstić information content (AvgIpc) is 2.61. The molecule has 0 aromatic rings. The van der Waals surface area contributed by atoms with Gasteiger partial charge in [-0.3, -0.25) is 4.79 Å². The van der Waals surface area contributed by atoms with Crippen LogP contribution in [-0.2, 0) is 4.79 Å². The molecule has 0 aromatic heterocycles. The Balaban J connectivity index is 2.48. The second-order valence-corrected chi connectivity index (χ2v) is 4.94. The van der Waals surface area contributed by atoms with Crippen molar-refractivity contribution in [3.63, 3.8) is 0 Å². The Bertz CT molecular complexity index is 202. The van der Waals surface area contributed by atoms with Gasteiger partial charge in [0.05, 0.1) is 0 Å². The zero-order valence-corrected chi connectivity index (χ0v) is 9.84. The van der Waals surface area contributed by atoms with Crippen molar-refractivity contribution in [3.8, 4) is 0 Å². The molecule has 2 nitrogen and oxygen atoms in total. The molecule has 0 aliphatic heterocycles. The fraction of sp³-hybridized carbons (Fsp3) is 0.917. The second-order valence-electron chi connectivity index (χ2n) is 4.94. The van der Waals surface area contributed by atoms with Gasteiger partial charge in [0.1, 0.15) is 0 Å². The normalized spacial score (nSPS) is 31.1. The molecule has 0 heterocycles. The van der Waals surface area contributed by atoms with Crippen LogP contribution in [0, 0.1) is 23.7 Å². The Hall–Kier alpha value is -0.530. The minimum Gasteiger partial charge on any atom is -0.359 e. The van der Waals surface area contributed by atoms with Gasteiger partial charge < -0.3 is 5.32 Å². The van der Waals surface area contributed by atoms with Gasteiger partial charge in [0, 0.05) is 13.0 Å². The van der Waals surface area contributed by atoms with E-state index in [1.54, 1.807) is 7.05 Å². The smallest absolute Gasteiger partial charge is 0.222 e. The number of amides is 1. The molecular weight excluding hydrogens is 174 g/mol. The molecule has 0 bridgehead atoms. The molecule has 14 heavy (non-hydrogen) atoms. The lowest BCUT2D eigenvalue weighted by Gasteiger charge is -2.24. The van der Waals surface area contributed by atoms with Gasteiger partial charge in [-0.25, -0.2) is 0 Å². The summed E-state index contributed by atoms with van der Waals surface area (Å²) in [6.45, 7) is 6.59. The first-order valence-electron chi connectivity index (χ1n) is 5.77. The highest BCUT2D eigenvalue weighted by Gasteiger charge is 2.31. The van der Waals surface area contributed by atoms with E-state index in [4.69, 9.17) is 0 Å². The maximum Gasteiger partial charge on any atom is 0.222 e. The van der Waals surface area contributed by atoms with Crippen molar-refractivity contribution in [3.05, 3.63) is 0 Å². The van der Waals surface area contributed by atoms with E-state index in [2.05, 4.69) is 19.2 Å². The van der Waals surface area contributed by atoms with Crippen LogP contribution in [0.4, 0.5) is 0 Å². The third-order valence-corrected chi connectivity index (χ3v) is 3.93. The number of hydrogen-bond acceptors (Lipinski definition) is 1. The molecule has 1 fully saturated rings. The Morgan fingerprint density at radius 1 is 1.36 bits per heavy atom. The van der Waals surface area contributed by atoms with Crippen LogP contribution in [0.1, 0.15) is 40.0 Å². The van der Waals surface area contributed by atoms with Crippen LogP contribution >= 0.6 is 0 Å². The first-order chi connectivity index (χ1) is 6.56. The van der Waals surface area contributed by atoms with Crippen LogP contribution in [0.15, 0.2) is 0 Å². The van der Waals surface area contributed by atoms with Gasteiger partial charge >= 0.3 is 0 Å². The molecule has 0 spiro atoms. The minimum atomic E-state index is 0.162. The van der Waals surface area contributed by atoms with E-state index in [-0.39, 0.29) is 11.8 Å². The van der Waals surface area contributed by atoms with Crippen LogP contribution in [0.2, 0.25) is 0 Å². The van der Waals surface area contributed by atoms with Crippen molar-refractivity contribution in [1.29, 1.82) is 0 Å². The summed E-state index contributed by atoms with van der Waals surface area (Å²) in [5.41, 5.74) is 0. The molecule has 0 radical (unpaired) electrons. The summed E-state index contributed by atoms with van der Waals surface area (Å²) in [7, 11) is 1.73. The van der Waals surface area contributed by atoms with Gasteiger partial charge in [-0.05, 0) is 30.6 Å². The lowest BCUT2D eigenvalue weighted by atomic mass is 9.82. The molecule has 2 unspecified atom stereocenters. The van der Waals surface area contributed by atoms with E-state index in [1.165, 1.54) is 19.3 Å². The van der Waals surface area contributed by atoms with Crippen molar-refractivity contribution >= 4 is 5.91 Å². The van der Waals surface area contributed by atoms with Gasteiger partial charge in [-0.1, -0.05) is 27.2 Å². The maximum absolute atomic E-state index is 11.5. The van der Waals surface area contributed by atoms with Crippen molar-refractivity contribution in [2.45, 2.75) is 40.0 Å². The maximum atomic E-state index is 11.5. The van der Waals surface area contributed by atoms with Gasteiger partial charge in [0.2, 0.25) is 5.91 Å². The van der Waals surface area contributed by atoms with Crippen molar-refractivity contribution in [2.24, 2.45) is 23.7 Å². The monoisotopic (exact) mass is 197 g/mol. The first-order valence-corrected chi connectivity index (χ1v) is 5.77. The highest BCUT2D eigenvalue weighted by molar-refractivity contribution is 5.78. The molecule has 1 saturated carbocycles. The van der Waals surface area contributed by atoms with Gasteiger partial charge in [0.15, 0.2) is 0 Å². The van der Waals surface area contributed by atoms with E-state index in [0.29, 0.717) is 5.92 Å². The number of carbonyl (C=O) groups is 1. The fourth-order valence-corrected chi connectivity index (χ4v) is 2.60. The summed E-state index contributed by atoms with van der Waals surface area (Å²) in [4.78, 5) is 11.5.